The molecule has 1 N–H and O–H groups in total. The zero-order valence-corrected chi connectivity index (χ0v) is 21.0. The molecule has 8 heteroatoms. The van der Waals surface area contributed by atoms with E-state index in [-0.39, 0.29) is 12.5 Å². The van der Waals surface area contributed by atoms with E-state index < -0.39 is 6.03 Å². The van der Waals surface area contributed by atoms with Gasteiger partial charge in [0, 0.05) is 22.8 Å². The van der Waals surface area contributed by atoms with Gasteiger partial charge in [-0.15, -0.1) is 11.3 Å². The molecule has 0 spiro atoms. The predicted octanol–water partition coefficient (Wildman–Crippen LogP) is 6.84. The van der Waals surface area contributed by atoms with Crippen LogP contribution in [-0.4, -0.2) is 34.8 Å². The third-order valence-electron chi connectivity index (χ3n) is 5.01. The zero-order valence-electron chi connectivity index (χ0n) is 18.7. The lowest BCUT2D eigenvalue weighted by atomic mass is 10.2. The van der Waals surface area contributed by atoms with Crippen LogP contribution in [0.5, 0.6) is 0 Å². The fourth-order valence-electron chi connectivity index (χ4n) is 3.38. The van der Waals surface area contributed by atoms with Crippen LogP contribution < -0.4 is 5.32 Å². The van der Waals surface area contributed by atoms with Crippen molar-refractivity contribution in [1.29, 1.82) is 0 Å². The van der Waals surface area contributed by atoms with E-state index >= 15 is 0 Å². The Kier molecular flexibility index (Phi) is 9.18. The number of halogens is 2. The Bertz CT molecular complexity index is 1070. The first-order valence-corrected chi connectivity index (χ1v) is 12.3. The van der Waals surface area contributed by atoms with Crippen LogP contribution in [0.25, 0.3) is 0 Å². The zero-order chi connectivity index (χ0) is 23.8. The van der Waals surface area contributed by atoms with Crippen molar-refractivity contribution in [2.24, 2.45) is 0 Å². The van der Waals surface area contributed by atoms with Crippen LogP contribution in [0, 0.1) is 6.92 Å². The van der Waals surface area contributed by atoms with Crippen LogP contribution in [0.1, 0.15) is 28.7 Å². The first-order chi connectivity index (χ1) is 15.9. The first kappa shape index (κ1) is 25.1. The molecule has 1 aromatic heterocycles. The van der Waals surface area contributed by atoms with Gasteiger partial charge in [-0.3, -0.25) is 4.79 Å². The summed E-state index contributed by atoms with van der Waals surface area (Å²) >= 11 is 14.1. The van der Waals surface area contributed by atoms with E-state index in [1.54, 1.807) is 34.4 Å². The van der Waals surface area contributed by atoms with Crippen molar-refractivity contribution in [2.45, 2.75) is 33.4 Å². The summed E-state index contributed by atoms with van der Waals surface area (Å²) in [6.45, 7) is 5.35. The highest BCUT2D eigenvalue weighted by Crippen LogP contribution is 2.30. The molecule has 1 heterocycles. The molecule has 2 aromatic carbocycles. The Morgan fingerprint density at radius 1 is 0.909 bits per heavy atom. The number of nitrogens with zero attached hydrogens (tertiary/aromatic N) is 2. The number of carbonyl (C=O) groups excluding carboxylic acids is 2. The van der Waals surface area contributed by atoms with Gasteiger partial charge in [-0.1, -0.05) is 66.5 Å². The number of hydrogen-bond acceptors (Lipinski definition) is 3. The van der Waals surface area contributed by atoms with Gasteiger partial charge in [0.05, 0.1) is 22.3 Å². The summed E-state index contributed by atoms with van der Waals surface area (Å²) in [6.07, 6.45) is 0.708. The molecule has 0 unspecified atom stereocenters. The molecule has 3 amide bonds. The number of anilines is 1. The number of aryl methyl sites for hydroxylation is 1. The third-order valence-corrected chi connectivity index (χ3v) is 6.63. The van der Waals surface area contributed by atoms with Crippen molar-refractivity contribution in [3.63, 3.8) is 0 Å². The fraction of sp³-hybridized carbons (Fsp3) is 0.280. The van der Waals surface area contributed by atoms with Crippen LogP contribution in [0.15, 0.2) is 60.7 Å². The molecule has 0 radical (unpaired) electrons. The number of hydrogen-bond donors (Lipinski definition) is 1. The van der Waals surface area contributed by atoms with Crippen molar-refractivity contribution in [1.82, 2.24) is 9.80 Å². The number of rotatable bonds is 9. The maximum absolute atomic E-state index is 13.4. The van der Waals surface area contributed by atoms with E-state index in [9.17, 15) is 9.59 Å². The van der Waals surface area contributed by atoms with Gasteiger partial charge in [0.1, 0.15) is 6.54 Å². The number of benzene rings is 2. The molecule has 0 bridgehead atoms. The summed E-state index contributed by atoms with van der Waals surface area (Å²) in [5, 5.41) is 3.45. The molecule has 0 fully saturated rings. The number of carbonyl (C=O) groups is 2. The van der Waals surface area contributed by atoms with Crippen molar-refractivity contribution >= 4 is 52.2 Å². The minimum absolute atomic E-state index is 0.0427. The molecule has 0 aliphatic heterocycles. The highest BCUT2D eigenvalue weighted by Gasteiger charge is 2.23. The van der Waals surface area contributed by atoms with E-state index in [0.717, 1.165) is 10.4 Å². The van der Waals surface area contributed by atoms with Gasteiger partial charge in [-0.05, 0) is 43.2 Å². The Hall–Kier alpha value is -2.54. The Morgan fingerprint density at radius 3 is 2.21 bits per heavy atom. The Balaban J connectivity index is 1.76. The molecule has 0 aliphatic rings. The normalized spacial score (nSPS) is 10.7. The van der Waals surface area contributed by atoms with Gasteiger partial charge in [0.15, 0.2) is 0 Å². The molecule has 3 aromatic rings. The van der Waals surface area contributed by atoms with Crippen molar-refractivity contribution in [2.75, 3.05) is 18.4 Å². The fourth-order valence-corrected chi connectivity index (χ4v) is 4.78. The first-order valence-electron chi connectivity index (χ1n) is 10.7. The molecule has 174 valence electrons. The lowest BCUT2D eigenvalue weighted by molar-refractivity contribution is -0.133. The maximum atomic E-state index is 13.4. The average molecular weight is 504 g/mol. The van der Waals surface area contributed by atoms with Crippen LogP contribution in [0.4, 0.5) is 10.5 Å². The topological polar surface area (TPSA) is 52.7 Å². The van der Waals surface area contributed by atoms with Crippen molar-refractivity contribution < 1.29 is 9.59 Å². The van der Waals surface area contributed by atoms with E-state index in [1.807, 2.05) is 50.2 Å². The second kappa shape index (κ2) is 12.1. The second-order valence-corrected chi connectivity index (χ2v) is 9.88. The third kappa shape index (κ3) is 7.22. The largest absolute Gasteiger partial charge is 0.332 e. The highest BCUT2D eigenvalue weighted by molar-refractivity contribution is 7.11. The lowest BCUT2D eigenvalue weighted by Crippen LogP contribution is -2.44. The van der Waals surface area contributed by atoms with Crippen LogP contribution >= 0.6 is 34.5 Å². The van der Waals surface area contributed by atoms with E-state index in [1.165, 1.54) is 9.78 Å². The van der Waals surface area contributed by atoms with Gasteiger partial charge in [0.2, 0.25) is 5.91 Å². The van der Waals surface area contributed by atoms with Crippen LogP contribution in [0.3, 0.4) is 0 Å². The number of thiophene rings is 1. The average Bonchev–Trinajstić information content (AvgIpc) is 3.20. The summed E-state index contributed by atoms with van der Waals surface area (Å²) in [4.78, 5) is 32.0. The smallest absolute Gasteiger partial charge is 0.322 e. The van der Waals surface area contributed by atoms with Crippen LogP contribution in [0.2, 0.25) is 10.0 Å². The molecule has 33 heavy (non-hydrogen) atoms. The van der Waals surface area contributed by atoms with Gasteiger partial charge in [-0.25, -0.2) is 4.79 Å². The summed E-state index contributed by atoms with van der Waals surface area (Å²) in [6, 6.07) is 18.6. The SMILES string of the molecule is CCCN(CC(=O)N(Cc1ccccc1)Cc1ccc(C)s1)C(=O)Nc1c(Cl)cccc1Cl. The number of para-hydroxylation sites is 1. The van der Waals surface area contributed by atoms with Crippen molar-refractivity contribution in [3.05, 3.63) is 86.0 Å². The molecular formula is C25H27Cl2N3O2S. The molecule has 3 rings (SSSR count). The van der Waals surface area contributed by atoms with E-state index in [2.05, 4.69) is 11.4 Å². The van der Waals surface area contributed by atoms with Gasteiger partial charge < -0.3 is 15.1 Å². The van der Waals surface area contributed by atoms with Crippen LogP contribution in [-0.2, 0) is 17.9 Å². The quantitative estimate of drug-likeness (QED) is 0.347. The molecule has 0 saturated heterocycles. The number of nitrogens with one attached hydrogen (secondary N) is 1. The molecular weight excluding hydrogens is 477 g/mol. The van der Waals surface area contributed by atoms with Crippen molar-refractivity contribution in [3.8, 4) is 0 Å². The predicted molar refractivity (Wildman–Crippen MR) is 137 cm³/mol. The molecule has 0 aliphatic carbocycles. The number of amides is 3. The van der Waals surface area contributed by atoms with Gasteiger partial charge in [-0.2, -0.15) is 0 Å². The lowest BCUT2D eigenvalue weighted by Gasteiger charge is -2.28. The van der Waals surface area contributed by atoms with Gasteiger partial charge >= 0.3 is 6.03 Å². The van der Waals surface area contributed by atoms with E-state index in [0.29, 0.717) is 41.8 Å². The Morgan fingerprint density at radius 2 is 1.61 bits per heavy atom. The summed E-state index contributed by atoms with van der Waals surface area (Å²) < 4.78 is 0. The minimum Gasteiger partial charge on any atom is -0.332 e. The standard InChI is InChI=1S/C25H27Cl2N3O2S/c1-3-14-29(25(32)28-24-21(26)10-7-11-22(24)27)17-23(31)30(15-19-8-5-4-6-9-19)16-20-13-12-18(2)33-20/h4-13H,3,14-17H2,1-2H3,(H,28,32). The molecule has 5 nitrogen and oxygen atoms in total. The Labute approximate surface area is 208 Å². The van der Waals surface area contributed by atoms with Gasteiger partial charge in [0.25, 0.3) is 0 Å². The maximum Gasteiger partial charge on any atom is 0.322 e. The highest BCUT2D eigenvalue weighted by atomic mass is 35.5. The molecule has 0 atom stereocenters. The summed E-state index contributed by atoms with van der Waals surface area (Å²) in [7, 11) is 0. The monoisotopic (exact) mass is 503 g/mol. The minimum atomic E-state index is -0.410. The van der Waals surface area contributed by atoms with E-state index in [4.69, 9.17) is 23.2 Å². The second-order valence-electron chi connectivity index (χ2n) is 7.70. The summed E-state index contributed by atoms with van der Waals surface area (Å²) in [5.74, 6) is -0.126. The molecule has 0 saturated carbocycles. The number of urea groups is 1. The summed E-state index contributed by atoms with van der Waals surface area (Å²) in [5.41, 5.74) is 1.38.